The van der Waals surface area contributed by atoms with Crippen LogP contribution in [0.25, 0.3) is 0 Å². The highest BCUT2D eigenvalue weighted by molar-refractivity contribution is 6.31. The van der Waals surface area contributed by atoms with Gasteiger partial charge in [0.15, 0.2) is 0 Å². The van der Waals surface area contributed by atoms with Gasteiger partial charge in [-0.25, -0.2) is 9.59 Å². The van der Waals surface area contributed by atoms with E-state index < -0.39 is 12.0 Å². The summed E-state index contributed by atoms with van der Waals surface area (Å²) < 4.78 is 4.97. The van der Waals surface area contributed by atoms with Crippen LogP contribution < -0.4 is 15.5 Å². The number of benzene rings is 1. The summed E-state index contributed by atoms with van der Waals surface area (Å²) in [6, 6.07) is 6.24. The van der Waals surface area contributed by atoms with E-state index in [0.717, 1.165) is 25.9 Å². The molecule has 1 aromatic rings. The van der Waals surface area contributed by atoms with Crippen LogP contribution in [0.5, 0.6) is 0 Å². The lowest BCUT2D eigenvalue weighted by Gasteiger charge is -2.30. The van der Waals surface area contributed by atoms with E-state index in [2.05, 4.69) is 10.6 Å². The van der Waals surface area contributed by atoms with Crippen molar-refractivity contribution >= 4 is 23.6 Å². The number of ether oxygens (including phenoxy) is 1. The minimum atomic E-state index is -0.614. The fourth-order valence-corrected chi connectivity index (χ4v) is 3.60. The van der Waals surface area contributed by atoms with Gasteiger partial charge in [0.25, 0.3) is 0 Å². The summed E-state index contributed by atoms with van der Waals surface area (Å²) in [7, 11) is 1.34. The van der Waals surface area contributed by atoms with Crippen LogP contribution in [-0.2, 0) is 9.53 Å². The molecule has 6 nitrogen and oxygen atoms in total. The number of rotatable bonds is 4. The molecule has 0 saturated carbocycles. The minimum Gasteiger partial charge on any atom is -0.466 e. The summed E-state index contributed by atoms with van der Waals surface area (Å²) in [6.45, 7) is 2.68. The highest BCUT2D eigenvalue weighted by Crippen LogP contribution is 2.31. The number of halogens is 1. The first-order chi connectivity index (χ1) is 11.6. The van der Waals surface area contributed by atoms with Crippen molar-refractivity contribution in [2.24, 2.45) is 0 Å². The summed E-state index contributed by atoms with van der Waals surface area (Å²) in [5.41, 5.74) is 1.72. The van der Waals surface area contributed by atoms with Gasteiger partial charge in [-0.2, -0.15) is 0 Å². The van der Waals surface area contributed by atoms with Gasteiger partial charge in [0.05, 0.1) is 37.5 Å². The van der Waals surface area contributed by atoms with Gasteiger partial charge in [-0.15, -0.1) is 0 Å². The van der Waals surface area contributed by atoms with E-state index in [1.165, 1.54) is 12.0 Å². The standard InChI is InChI=1S/C17H20ClN3O3/c1-24-16(22)14-13(10-21-8-4-5-9-21)19-17(23)20-15(14)11-6-2-3-7-12(11)18/h2-3,6-7,15H,4-5,8-10H2,1H3,(H2,19,20,23)/p+1/t15-/m0/s1. The number of esters is 1. The van der Waals surface area contributed by atoms with Crippen molar-refractivity contribution in [3.63, 3.8) is 0 Å². The van der Waals surface area contributed by atoms with Gasteiger partial charge in [0.2, 0.25) is 0 Å². The van der Waals surface area contributed by atoms with E-state index >= 15 is 0 Å². The number of carbonyl (C=O) groups is 2. The average Bonchev–Trinajstić information content (AvgIpc) is 3.07. The molecule has 3 N–H and O–H groups in total. The average molecular weight is 351 g/mol. The number of methoxy groups -OCH3 is 1. The van der Waals surface area contributed by atoms with Gasteiger partial charge < -0.3 is 20.3 Å². The van der Waals surface area contributed by atoms with Crippen LogP contribution in [0, 0.1) is 0 Å². The Balaban J connectivity index is 2.03. The van der Waals surface area contributed by atoms with E-state index in [1.54, 1.807) is 6.07 Å². The Morgan fingerprint density at radius 3 is 2.71 bits per heavy atom. The zero-order chi connectivity index (χ0) is 17.1. The quantitative estimate of drug-likeness (QED) is 0.703. The van der Waals surface area contributed by atoms with Crippen molar-refractivity contribution in [3.8, 4) is 0 Å². The van der Waals surface area contributed by atoms with Crippen molar-refractivity contribution in [1.82, 2.24) is 10.6 Å². The molecule has 1 saturated heterocycles. The molecule has 0 unspecified atom stereocenters. The largest absolute Gasteiger partial charge is 0.466 e. The molecule has 0 radical (unpaired) electrons. The molecule has 0 bridgehead atoms. The number of nitrogens with one attached hydrogen (secondary N) is 3. The molecule has 1 atom stereocenters. The molecule has 2 aliphatic heterocycles. The molecule has 2 heterocycles. The van der Waals surface area contributed by atoms with Crippen LogP contribution in [-0.4, -0.2) is 38.7 Å². The maximum Gasteiger partial charge on any atom is 0.338 e. The number of quaternary nitrogens is 1. The second-order valence-corrected chi connectivity index (χ2v) is 6.48. The van der Waals surface area contributed by atoms with E-state index in [4.69, 9.17) is 16.3 Å². The highest BCUT2D eigenvalue weighted by Gasteiger charge is 2.36. The topological polar surface area (TPSA) is 71.9 Å². The lowest BCUT2D eigenvalue weighted by Crippen LogP contribution is -3.10. The molecule has 3 rings (SSSR count). The fourth-order valence-electron chi connectivity index (χ4n) is 3.35. The van der Waals surface area contributed by atoms with Crippen LogP contribution in [0.1, 0.15) is 24.4 Å². The van der Waals surface area contributed by atoms with Crippen LogP contribution >= 0.6 is 11.6 Å². The Bertz CT molecular complexity index is 683. The Kier molecular flexibility index (Phi) is 5.06. The fraction of sp³-hybridized carbons (Fsp3) is 0.412. The van der Waals surface area contributed by atoms with Crippen LogP contribution in [0.4, 0.5) is 4.79 Å². The van der Waals surface area contributed by atoms with E-state index in [0.29, 0.717) is 28.4 Å². The van der Waals surface area contributed by atoms with Gasteiger partial charge in [-0.3, -0.25) is 0 Å². The van der Waals surface area contributed by atoms with Crippen LogP contribution in [0.15, 0.2) is 35.5 Å². The molecule has 7 heteroatoms. The molecule has 128 valence electrons. The zero-order valence-corrected chi connectivity index (χ0v) is 14.3. The second-order valence-electron chi connectivity index (χ2n) is 6.07. The third-order valence-electron chi connectivity index (χ3n) is 4.51. The Morgan fingerprint density at radius 1 is 1.33 bits per heavy atom. The summed E-state index contributed by atoms with van der Waals surface area (Å²) in [4.78, 5) is 25.9. The predicted octanol–water partition coefficient (Wildman–Crippen LogP) is 0.800. The molecule has 1 fully saturated rings. The number of hydrogen-bond acceptors (Lipinski definition) is 3. The van der Waals surface area contributed by atoms with Crippen molar-refractivity contribution in [1.29, 1.82) is 0 Å². The van der Waals surface area contributed by atoms with Crippen molar-refractivity contribution in [3.05, 3.63) is 46.1 Å². The van der Waals surface area contributed by atoms with Gasteiger partial charge in [-0.05, 0) is 11.6 Å². The number of likely N-dealkylation sites (tertiary alicyclic amines) is 1. The minimum absolute atomic E-state index is 0.332. The molecule has 24 heavy (non-hydrogen) atoms. The SMILES string of the molecule is COC(=O)C1=C(C[NH+]2CCCC2)NC(=O)N[C@H]1c1ccccc1Cl. The summed E-state index contributed by atoms with van der Waals surface area (Å²) in [5, 5.41) is 6.08. The first-order valence-electron chi connectivity index (χ1n) is 8.07. The number of hydrogen-bond donors (Lipinski definition) is 3. The summed E-state index contributed by atoms with van der Waals surface area (Å²) >= 11 is 6.28. The highest BCUT2D eigenvalue weighted by atomic mass is 35.5. The van der Waals surface area contributed by atoms with Gasteiger partial charge in [0, 0.05) is 17.9 Å². The van der Waals surface area contributed by atoms with E-state index in [9.17, 15) is 9.59 Å². The van der Waals surface area contributed by atoms with Gasteiger partial charge >= 0.3 is 12.0 Å². The Hall–Kier alpha value is -2.05. The Labute approximate surface area is 145 Å². The third-order valence-corrected chi connectivity index (χ3v) is 4.86. The van der Waals surface area contributed by atoms with Crippen molar-refractivity contribution in [2.45, 2.75) is 18.9 Å². The molecular formula is C17H21ClN3O3+. The molecule has 0 aromatic heterocycles. The van der Waals surface area contributed by atoms with Gasteiger partial charge in [0.1, 0.15) is 6.54 Å². The van der Waals surface area contributed by atoms with Crippen molar-refractivity contribution in [2.75, 3.05) is 26.7 Å². The van der Waals surface area contributed by atoms with E-state index in [1.807, 2.05) is 18.2 Å². The molecule has 1 aromatic carbocycles. The maximum atomic E-state index is 12.4. The van der Waals surface area contributed by atoms with Crippen LogP contribution in [0.3, 0.4) is 0 Å². The number of carbonyl (C=O) groups excluding carboxylic acids is 2. The lowest BCUT2D eigenvalue weighted by molar-refractivity contribution is -0.882. The number of amides is 2. The lowest BCUT2D eigenvalue weighted by atomic mass is 9.95. The third kappa shape index (κ3) is 3.39. The molecular weight excluding hydrogens is 330 g/mol. The molecule has 0 aliphatic carbocycles. The first-order valence-corrected chi connectivity index (χ1v) is 8.45. The normalized spacial score (nSPS) is 21.4. The Morgan fingerprint density at radius 2 is 2.04 bits per heavy atom. The smallest absolute Gasteiger partial charge is 0.338 e. The van der Waals surface area contributed by atoms with Crippen LogP contribution in [0.2, 0.25) is 5.02 Å². The molecule has 2 amide bonds. The van der Waals surface area contributed by atoms with Crippen molar-refractivity contribution < 1.29 is 19.2 Å². The predicted molar refractivity (Wildman–Crippen MR) is 89.7 cm³/mol. The van der Waals surface area contributed by atoms with E-state index in [-0.39, 0.29) is 6.03 Å². The number of urea groups is 1. The first kappa shape index (κ1) is 16.8. The second kappa shape index (κ2) is 7.23. The summed E-state index contributed by atoms with van der Waals surface area (Å²) in [6.07, 6.45) is 2.33. The molecule has 0 spiro atoms. The summed E-state index contributed by atoms with van der Waals surface area (Å²) in [5.74, 6) is -0.457. The maximum absolute atomic E-state index is 12.4. The monoisotopic (exact) mass is 350 g/mol. The zero-order valence-electron chi connectivity index (χ0n) is 13.5. The van der Waals surface area contributed by atoms with Gasteiger partial charge in [-0.1, -0.05) is 29.8 Å². The molecule has 2 aliphatic rings.